The molecule has 1 aliphatic carbocycles. The third kappa shape index (κ3) is 8.71. The van der Waals surface area contributed by atoms with E-state index in [1.54, 1.807) is 32.4 Å². The summed E-state index contributed by atoms with van der Waals surface area (Å²) in [5.74, 6) is 0.625. The standard InChI is InChI=1S/C34H49N3O6/c1-24(2)37(33(39)26-11-16-31(42-4)32(21-26)43-20-8-19-41-3)29-13-12-27(35-22-29)17-18-36(28-14-15-28)34(40)30(23-38)25-9-6-5-7-10-25/h5-7,9-11,16,21,24,27-30,35,38H,8,12-15,17-20,22-23H2,1-4H3/t27-,29-,30?/m1/s1. The van der Waals surface area contributed by atoms with E-state index in [1.165, 1.54) is 0 Å². The number of rotatable bonds is 16. The fourth-order valence-electron chi connectivity index (χ4n) is 6.03. The number of carbonyl (C=O) groups excluding carboxylic acids is 2. The van der Waals surface area contributed by atoms with E-state index in [-0.39, 0.29) is 42.6 Å². The van der Waals surface area contributed by atoms with Gasteiger partial charge in [-0.05, 0) is 69.7 Å². The van der Waals surface area contributed by atoms with Crippen molar-refractivity contribution >= 4 is 11.8 Å². The zero-order valence-corrected chi connectivity index (χ0v) is 26.2. The van der Waals surface area contributed by atoms with Crippen LogP contribution in [0.25, 0.3) is 0 Å². The molecule has 1 heterocycles. The zero-order chi connectivity index (χ0) is 30.8. The number of ether oxygens (including phenoxy) is 3. The number of nitrogens with one attached hydrogen (secondary N) is 1. The van der Waals surface area contributed by atoms with Crippen LogP contribution in [0.1, 0.15) is 74.2 Å². The summed E-state index contributed by atoms with van der Waals surface area (Å²) in [6.45, 7) is 6.36. The van der Waals surface area contributed by atoms with Crippen molar-refractivity contribution in [2.75, 3.05) is 47.1 Å². The molecule has 0 radical (unpaired) electrons. The fraction of sp³-hybridized carbons (Fsp3) is 0.588. The van der Waals surface area contributed by atoms with Crippen molar-refractivity contribution in [3.05, 3.63) is 59.7 Å². The van der Waals surface area contributed by atoms with Gasteiger partial charge in [-0.1, -0.05) is 30.3 Å². The largest absolute Gasteiger partial charge is 0.493 e. The van der Waals surface area contributed by atoms with Gasteiger partial charge in [0, 0.05) is 63.0 Å². The minimum atomic E-state index is -0.523. The van der Waals surface area contributed by atoms with Crippen molar-refractivity contribution in [1.82, 2.24) is 15.1 Å². The quantitative estimate of drug-likeness (QED) is 0.280. The van der Waals surface area contributed by atoms with Crippen molar-refractivity contribution in [3.8, 4) is 11.5 Å². The molecule has 9 nitrogen and oxygen atoms in total. The number of methoxy groups -OCH3 is 2. The molecule has 0 bridgehead atoms. The molecule has 2 aromatic rings. The smallest absolute Gasteiger partial charge is 0.254 e. The number of aliphatic hydroxyl groups is 1. The molecule has 2 amide bonds. The number of amides is 2. The molecule has 43 heavy (non-hydrogen) atoms. The fourth-order valence-corrected chi connectivity index (χ4v) is 6.03. The molecule has 0 aromatic heterocycles. The second-order valence-corrected chi connectivity index (χ2v) is 11.9. The van der Waals surface area contributed by atoms with Gasteiger partial charge in [-0.15, -0.1) is 0 Å². The van der Waals surface area contributed by atoms with Gasteiger partial charge in [0.15, 0.2) is 11.5 Å². The maximum atomic E-state index is 13.8. The highest BCUT2D eigenvalue weighted by Gasteiger charge is 2.37. The minimum absolute atomic E-state index is 0.0167. The van der Waals surface area contributed by atoms with Crippen LogP contribution < -0.4 is 14.8 Å². The molecule has 1 aliphatic heterocycles. The van der Waals surface area contributed by atoms with Gasteiger partial charge in [-0.3, -0.25) is 9.59 Å². The minimum Gasteiger partial charge on any atom is -0.493 e. The highest BCUT2D eigenvalue weighted by atomic mass is 16.5. The molecular formula is C34H49N3O6. The Labute approximate surface area is 256 Å². The van der Waals surface area contributed by atoms with Gasteiger partial charge >= 0.3 is 0 Å². The molecule has 1 saturated heterocycles. The van der Waals surface area contributed by atoms with E-state index in [1.807, 2.05) is 40.1 Å². The molecule has 4 rings (SSSR count). The van der Waals surface area contributed by atoms with Gasteiger partial charge in [-0.25, -0.2) is 0 Å². The summed E-state index contributed by atoms with van der Waals surface area (Å²) in [5, 5.41) is 13.7. The lowest BCUT2D eigenvalue weighted by molar-refractivity contribution is -0.134. The summed E-state index contributed by atoms with van der Waals surface area (Å²) >= 11 is 0. The molecule has 2 fully saturated rings. The summed E-state index contributed by atoms with van der Waals surface area (Å²) in [5.41, 5.74) is 1.44. The lowest BCUT2D eigenvalue weighted by Crippen LogP contribution is -2.54. The Bertz CT molecular complexity index is 1160. The zero-order valence-electron chi connectivity index (χ0n) is 26.2. The third-order valence-electron chi connectivity index (χ3n) is 8.51. The van der Waals surface area contributed by atoms with E-state index in [0.717, 1.165) is 44.1 Å². The van der Waals surface area contributed by atoms with Crippen LogP contribution in [0.2, 0.25) is 0 Å². The first kappa shape index (κ1) is 32.8. The molecule has 2 aromatic carbocycles. The monoisotopic (exact) mass is 595 g/mol. The van der Waals surface area contributed by atoms with E-state index in [4.69, 9.17) is 14.2 Å². The number of hydrogen-bond donors (Lipinski definition) is 2. The first-order valence-corrected chi connectivity index (χ1v) is 15.7. The van der Waals surface area contributed by atoms with E-state index in [0.29, 0.717) is 43.4 Å². The lowest BCUT2D eigenvalue weighted by Gasteiger charge is -2.40. The van der Waals surface area contributed by atoms with Crippen molar-refractivity contribution in [2.45, 2.75) is 82.5 Å². The summed E-state index contributed by atoms with van der Waals surface area (Å²) in [6.07, 6.45) is 5.45. The van der Waals surface area contributed by atoms with Gasteiger partial charge in [0.25, 0.3) is 5.91 Å². The maximum absolute atomic E-state index is 13.8. The molecule has 2 aliphatic rings. The van der Waals surface area contributed by atoms with E-state index in [9.17, 15) is 14.7 Å². The SMILES string of the molecule is COCCCOc1cc(C(=O)N(C(C)C)[C@@H]2CC[C@H](CCN(C(=O)C(CO)c3ccccc3)C3CC3)NC2)ccc1OC. The Morgan fingerprint density at radius 3 is 2.33 bits per heavy atom. The third-order valence-corrected chi connectivity index (χ3v) is 8.51. The average Bonchev–Trinajstić information content (AvgIpc) is 3.86. The average molecular weight is 596 g/mol. The van der Waals surface area contributed by atoms with Crippen LogP contribution in [0, 0.1) is 0 Å². The second kappa shape index (κ2) is 16.1. The summed E-state index contributed by atoms with van der Waals surface area (Å²) in [6, 6.07) is 15.6. The van der Waals surface area contributed by atoms with Crippen LogP contribution in [-0.4, -0.2) is 98.0 Å². The molecule has 2 N–H and O–H groups in total. The molecule has 1 unspecified atom stereocenters. The number of hydrogen-bond acceptors (Lipinski definition) is 7. The van der Waals surface area contributed by atoms with Crippen LogP contribution in [0.5, 0.6) is 11.5 Å². The summed E-state index contributed by atoms with van der Waals surface area (Å²) < 4.78 is 16.5. The van der Waals surface area contributed by atoms with E-state index >= 15 is 0 Å². The Morgan fingerprint density at radius 1 is 0.977 bits per heavy atom. The first-order chi connectivity index (χ1) is 20.9. The molecule has 236 valence electrons. The summed E-state index contributed by atoms with van der Waals surface area (Å²) in [4.78, 5) is 31.2. The highest BCUT2D eigenvalue weighted by Crippen LogP contribution is 2.32. The van der Waals surface area contributed by atoms with Crippen LogP contribution in [-0.2, 0) is 9.53 Å². The van der Waals surface area contributed by atoms with Crippen molar-refractivity contribution < 1.29 is 28.9 Å². The van der Waals surface area contributed by atoms with Crippen LogP contribution in [0.3, 0.4) is 0 Å². The number of piperidine rings is 1. The Morgan fingerprint density at radius 2 is 1.72 bits per heavy atom. The van der Waals surface area contributed by atoms with Crippen LogP contribution >= 0.6 is 0 Å². The first-order valence-electron chi connectivity index (χ1n) is 15.7. The van der Waals surface area contributed by atoms with E-state index < -0.39 is 5.92 Å². The van der Waals surface area contributed by atoms with Crippen molar-refractivity contribution in [3.63, 3.8) is 0 Å². The van der Waals surface area contributed by atoms with Crippen molar-refractivity contribution in [1.29, 1.82) is 0 Å². The molecule has 3 atom stereocenters. The van der Waals surface area contributed by atoms with Gasteiger partial charge < -0.3 is 34.4 Å². The van der Waals surface area contributed by atoms with Gasteiger partial charge in [0.1, 0.15) is 0 Å². The Balaban J connectivity index is 1.34. The Kier molecular flexibility index (Phi) is 12.3. The molecule has 1 saturated carbocycles. The van der Waals surface area contributed by atoms with Crippen LogP contribution in [0.4, 0.5) is 0 Å². The highest BCUT2D eigenvalue weighted by molar-refractivity contribution is 5.95. The normalized spacial score (nSPS) is 19.1. The topological polar surface area (TPSA) is 101 Å². The summed E-state index contributed by atoms with van der Waals surface area (Å²) in [7, 11) is 3.25. The van der Waals surface area contributed by atoms with E-state index in [2.05, 4.69) is 19.2 Å². The molecular weight excluding hydrogens is 546 g/mol. The lowest BCUT2D eigenvalue weighted by atomic mass is 9.95. The predicted molar refractivity (Wildman–Crippen MR) is 167 cm³/mol. The Hall–Kier alpha value is -3.14. The van der Waals surface area contributed by atoms with Gasteiger partial charge in [-0.2, -0.15) is 0 Å². The number of carbonyl (C=O) groups is 2. The van der Waals surface area contributed by atoms with Gasteiger partial charge in [0.2, 0.25) is 5.91 Å². The van der Waals surface area contributed by atoms with Crippen LogP contribution in [0.15, 0.2) is 48.5 Å². The number of nitrogens with zero attached hydrogens (tertiary/aromatic N) is 2. The number of benzene rings is 2. The maximum Gasteiger partial charge on any atom is 0.254 e. The molecule has 0 spiro atoms. The van der Waals surface area contributed by atoms with Crippen molar-refractivity contribution in [2.24, 2.45) is 0 Å². The second-order valence-electron chi connectivity index (χ2n) is 11.9. The van der Waals surface area contributed by atoms with Gasteiger partial charge in [0.05, 0.1) is 26.2 Å². The predicted octanol–water partition coefficient (Wildman–Crippen LogP) is 4.24. The molecule has 9 heteroatoms. The number of aliphatic hydroxyl groups excluding tert-OH is 1.